The lowest BCUT2D eigenvalue weighted by Crippen LogP contribution is -2.49. The van der Waals surface area contributed by atoms with Crippen LogP contribution in [-0.4, -0.2) is 82.9 Å². The van der Waals surface area contributed by atoms with Gasteiger partial charge in [0, 0.05) is 57.4 Å². The molecule has 1 aromatic rings. The third-order valence-electron chi connectivity index (χ3n) is 6.25. The molecule has 0 spiro atoms. The molecule has 7 heteroatoms. The Kier molecular flexibility index (Phi) is 7.02. The fraction of sp³-hybridized carbons (Fsp3) is 0.667. The van der Waals surface area contributed by atoms with Crippen molar-refractivity contribution in [2.24, 2.45) is 0 Å². The number of fused-ring (bicyclic) bond motifs is 1. The van der Waals surface area contributed by atoms with Crippen molar-refractivity contribution in [3.63, 3.8) is 0 Å². The van der Waals surface area contributed by atoms with E-state index in [1.807, 2.05) is 36.9 Å². The smallest absolute Gasteiger partial charge is 0.239 e. The molecule has 2 aliphatic heterocycles. The van der Waals surface area contributed by atoms with Crippen molar-refractivity contribution in [2.75, 3.05) is 33.2 Å². The van der Waals surface area contributed by atoms with E-state index in [1.165, 1.54) is 0 Å². The number of likely N-dealkylation sites (N-methyl/N-ethyl adjacent to an activating group) is 1. The van der Waals surface area contributed by atoms with Crippen LogP contribution < -0.4 is 5.32 Å². The van der Waals surface area contributed by atoms with Gasteiger partial charge in [0.2, 0.25) is 11.8 Å². The van der Waals surface area contributed by atoms with Gasteiger partial charge in [-0.3, -0.25) is 24.4 Å². The van der Waals surface area contributed by atoms with E-state index in [0.717, 1.165) is 38.2 Å². The molecule has 0 bridgehead atoms. The number of likely N-dealkylation sites (tertiary alicyclic amines) is 1. The van der Waals surface area contributed by atoms with Crippen LogP contribution in [0.3, 0.4) is 0 Å². The number of carbonyl (C=O) groups excluding carboxylic acids is 2. The third-order valence-corrected chi connectivity index (χ3v) is 6.25. The average Bonchev–Trinajstić information content (AvgIpc) is 3.07. The van der Waals surface area contributed by atoms with Crippen LogP contribution in [0.5, 0.6) is 0 Å². The molecule has 7 nitrogen and oxygen atoms in total. The van der Waals surface area contributed by atoms with Crippen molar-refractivity contribution in [1.82, 2.24) is 25.0 Å². The Morgan fingerprint density at radius 3 is 2.79 bits per heavy atom. The number of nitrogens with zero attached hydrogens (tertiary/aromatic N) is 4. The maximum atomic E-state index is 12.9. The highest BCUT2D eigenvalue weighted by Crippen LogP contribution is 2.28. The summed E-state index contributed by atoms with van der Waals surface area (Å²) in [4.78, 5) is 36.1. The molecular formula is C21H33N5O2. The van der Waals surface area contributed by atoms with Gasteiger partial charge in [0.25, 0.3) is 0 Å². The molecule has 0 radical (unpaired) electrons. The molecule has 2 saturated heterocycles. The molecule has 3 heterocycles. The molecule has 0 saturated carbocycles. The Bertz CT molecular complexity index is 664. The van der Waals surface area contributed by atoms with Crippen LogP contribution in [0, 0.1) is 0 Å². The van der Waals surface area contributed by atoms with Crippen LogP contribution in [-0.2, 0) is 16.1 Å². The van der Waals surface area contributed by atoms with Gasteiger partial charge in [0.1, 0.15) is 6.04 Å². The van der Waals surface area contributed by atoms with Gasteiger partial charge in [0.15, 0.2) is 0 Å². The van der Waals surface area contributed by atoms with Crippen molar-refractivity contribution in [3.8, 4) is 0 Å². The molecular weight excluding hydrogens is 354 g/mol. The summed E-state index contributed by atoms with van der Waals surface area (Å²) in [6, 6.07) is 6.11. The number of aromatic nitrogens is 1. The van der Waals surface area contributed by atoms with Gasteiger partial charge in [0.05, 0.1) is 5.69 Å². The number of rotatable bonds is 7. The van der Waals surface area contributed by atoms with Crippen molar-refractivity contribution in [3.05, 3.63) is 30.1 Å². The Labute approximate surface area is 168 Å². The molecule has 2 aliphatic rings. The van der Waals surface area contributed by atoms with E-state index < -0.39 is 0 Å². The van der Waals surface area contributed by atoms with Gasteiger partial charge in [-0.2, -0.15) is 0 Å². The Morgan fingerprint density at radius 2 is 2.11 bits per heavy atom. The first kappa shape index (κ1) is 20.7. The molecule has 0 unspecified atom stereocenters. The average molecular weight is 388 g/mol. The number of amides is 2. The largest absolute Gasteiger partial charge is 0.353 e. The lowest BCUT2D eigenvalue weighted by atomic mass is 10.0. The Balaban J connectivity index is 1.64. The maximum absolute atomic E-state index is 12.9. The summed E-state index contributed by atoms with van der Waals surface area (Å²) < 4.78 is 0. The second kappa shape index (κ2) is 9.47. The van der Waals surface area contributed by atoms with Gasteiger partial charge < -0.3 is 10.2 Å². The lowest BCUT2D eigenvalue weighted by molar-refractivity contribution is -0.131. The fourth-order valence-corrected chi connectivity index (χ4v) is 4.55. The van der Waals surface area contributed by atoms with Gasteiger partial charge in [-0.05, 0) is 45.9 Å². The first-order chi connectivity index (χ1) is 13.5. The van der Waals surface area contributed by atoms with Crippen LogP contribution in [0.25, 0.3) is 0 Å². The van der Waals surface area contributed by atoms with Crippen molar-refractivity contribution in [2.45, 2.75) is 57.8 Å². The van der Waals surface area contributed by atoms with Crippen LogP contribution in [0.15, 0.2) is 24.4 Å². The fourth-order valence-electron chi connectivity index (χ4n) is 4.55. The zero-order chi connectivity index (χ0) is 20.1. The Morgan fingerprint density at radius 1 is 1.32 bits per heavy atom. The van der Waals surface area contributed by atoms with Crippen LogP contribution in [0.2, 0.25) is 0 Å². The first-order valence-corrected chi connectivity index (χ1v) is 10.5. The van der Waals surface area contributed by atoms with Crippen molar-refractivity contribution < 1.29 is 9.59 Å². The van der Waals surface area contributed by atoms with Gasteiger partial charge >= 0.3 is 0 Å². The van der Waals surface area contributed by atoms with E-state index in [4.69, 9.17) is 0 Å². The predicted octanol–water partition coefficient (Wildman–Crippen LogP) is 1.10. The molecule has 3 rings (SSSR count). The lowest BCUT2D eigenvalue weighted by Gasteiger charge is -2.33. The van der Waals surface area contributed by atoms with Crippen LogP contribution >= 0.6 is 0 Å². The van der Waals surface area contributed by atoms with E-state index in [9.17, 15) is 9.59 Å². The summed E-state index contributed by atoms with van der Waals surface area (Å²) in [5, 5.41) is 3.13. The highest BCUT2D eigenvalue weighted by molar-refractivity contribution is 5.83. The summed E-state index contributed by atoms with van der Waals surface area (Å²) in [5.74, 6) is 0.302. The zero-order valence-corrected chi connectivity index (χ0v) is 17.3. The predicted molar refractivity (Wildman–Crippen MR) is 109 cm³/mol. The number of hydrogen-bond acceptors (Lipinski definition) is 5. The summed E-state index contributed by atoms with van der Waals surface area (Å²) >= 11 is 0. The van der Waals surface area contributed by atoms with E-state index >= 15 is 0 Å². The monoisotopic (exact) mass is 387 g/mol. The summed E-state index contributed by atoms with van der Waals surface area (Å²) in [5.41, 5.74) is 0.990. The standard InChI is InChI=1S/C21H33N5O2/c1-4-25(5-2)19(27)10-9-17-14-23-21(28)20-18(24(17)3)11-13-26(20)15-16-8-6-7-12-22-16/h6-8,12,17-18,20H,4-5,9-11,13-15H2,1-3H3,(H,23,28)/t17-,18-,20-/m1/s1. The zero-order valence-electron chi connectivity index (χ0n) is 17.3. The molecule has 1 aromatic heterocycles. The second-order valence-electron chi connectivity index (χ2n) is 7.76. The van der Waals surface area contributed by atoms with E-state index in [2.05, 4.69) is 27.1 Å². The number of hydrogen-bond donors (Lipinski definition) is 1. The minimum absolute atomic E-state index is 0.0999. The van der Waals surface area contributed by atoms with E-state index in [0.29, 0.717) is 19.5 Å². The van der Waals surface area contributed by atoms with E-state index in [1.54, 1.807) is 6.20 Å². The highest BCUT2D eigenvalue weighted by atomic mass is 16.2. The van der Waals surface area contributed by atoms with Gasteiger partial charge in [-0.1, -0.05) is 6.07 Å². The number of nitrogens with one attached hydrogen (secondary N) is 1. The quantitative estimate of drug-likeness (QED) is 0.759. The number of pyridine rings is 1. The molecule has 2 fully saturated rings. The molecule has 28 heavy (non-hydrogen) atoms. The minimum atomic E-state index is -0.157. The number of carbonyl (C=O) groups is 2. The van der Waals surface area contributed by atoms with Crippen molar-refractivity contribution >= 4 is 11.8 Å². The van der Waals surface area contributed by atoms with E-state index in [-0.39, 0.29) is 29.9 Å². The molecule has 2 amide bonds. The minimum Gasteiger partial charge on any atom is -0.353 e. The topological polar surface area (TPSA) is 68.8 Å². The summed E-state index contributed by atoms with van der Waals surface area (Å²) in [7, 11) is 2.11. The summed E-state index contributed by atoms with van der Waals surface area (Å²) in [6.45, 7) is 7.70. The maximum Gasteiger partial charge on any atom is 0.239 e. The van der Waals surface area contributed by atoms with Crippen LogP contribution in [0.4, 0.5) is 0 Å². The molecule has 0 aromatic carbocycles. The SMILES string of the molecule is CCN(CC)C(=O)CC[C@@H]1CNC(=O)[C@H]2[C@@H](CCN2Cc2ccccn2)N1C. The Hall–Kier alpha value is -1.99. The molecule has 3 atom stereocenters. The molecule has 154 valence electrons. The first-order valence-electron chi connectivity index (χ1n) is 10.5. The second-order valence-corrected chi connectivity index (χ2v) is 7.76. The molecule has 0 aliphatic carbocycles. The van der Waals surface area contributed by atoms with Gasteiger partial charge in [-0.25, -0.2) is 0 Å². The van der Waals surface area contributed by atoms with Gasteiger partial charge in [-0.15, -0.1) is 0 Å². The molecule has 1 N–H and O–H groups in total. The summed E-state index contributed by atoms with van der Waals surface area (Å²) in [6.07, 6.45) is 4.06. The van der Waals surface area contributed by atoms with Crippen LogP contribution in [0.1, 0.15) is 38.8 Å². The van der Waals surface area contributed by atoms with Crippen molar-refractivity contribution in [1.29, 1.82) is 0 Å². The highest BCUT2D eigenvalue weighted by Gasteiger charge is 2.45. The third kappa shape index (κ3) is 4.52. The normalized spacial score (nSPS) is 25.8.